The van der Waals surface area contributed by atoms with Gasteiger partial charge in [-0.25, -0.2) is 8.42 Å². The second kappa shape index (κ2) is 9.60. The van der Waals surface area contributed by atoms with E-state index in [1.165, 1.54) is 6.07 Å². The zero-order chi connectivity index (χ0) is 22.7. The van der Waals surface area contributed by atoms with Gasteiger partial charge in [-0.15, -0.1) is 0 Å². The summed E-state index contributed by atoms with van der Waals surface area (Å²) in [5.74, 6) is -0.318. The molecule has 0 bridgehead atoms. The van der Waals surface area contributed by atoms with Crippen molar-refractivity contribution in [3.63, 3.8) is 0 Å². The number of piperazine rings is 1. The molecule has 2 aliphatic heterocycles. The number of likely N-dealkylation sites (N-methyl/N-ethyl adjacent to an activating group) is 1. The van der Waals surface area contributed by atoms with Crippen LogP contribution >= 0.6 is 0 Å². The molecule has 2 aromatic rings. The van der Waals surface area contributed by atoms with Crippen LogP contribution in [0.3, 0.4) is 0 Å². The van der Waals surface area contributed by atoms with Crippen LogP contribution in [-0.4, -0.2) is 69.3 Å². The lowest BCUT2D eigenvalue weighted by Gasteiger charge is -2.34. The third-order valence-corrected chi connectivity index (χ3v) is 8.45. The summed E-state index contributed by atoms with van der Waals surface area (Å²) in [5.41, 5.74) is 2.16. The lowest BCUT2D eigenvalue weighted by Crippen LogP contribution is -2.44. The average molecular weight is 457 g/mol. The van der Waals surface area contributed by atoms with Crippen LogP contribution in [0.25, 0.3) is 0 Å². The number of hydrogen-bond donors (Lipinski definition) is 1. The molecule has 2 fully saturated rings. The number of nitrogens with one attached hydrogen (secondary N) is 1. The summed E-state index contributed by atoms with van der Waals surface area (Å²) in [7, 11) is -1.49. The van der Waals surface area contributed by atoms with E-state index in [1.807, 2.05) is 31.2 Å². The molecule has 32 heavy (non-hydrogen) atoms. The van der Waals surface area contributed by atoms with Crippen LogP contribution < -0.4 is 10.2 Å². The van der Waals surface area contributed by atoms with E-state index in [4.69, 9.17) is 0 Å². The predicted molar refractivity (Wildman–Crippen MR) is 128 cm³/mol. The molecule has 0 spiro atoms. The van der Waals surface area contributed by atoms with E-state index in [0.717, 1.165) is 51.1 Å². The predicted octanol–water partition coefficient (Wildman–Crippen LogP) is 3.25. The molecule has 1 unspecified atom stereocenters. The molecule has 0 aromatic heterocycles. The van der Waals surface area contributed by atoms with E-state index in [0.29, 0.717) is 17.8 Å². The highest BCUT2D eigenvalue weighted by atomic mass is 32.2. The topological polar surface area (TPSA) is 73.0 Å². The minimum absolute atomic E-state index is 0.0231. The molecule has 1 atom stereocenters. The molecule has 0 radical (unpaired) electrons. The molecule has 4 rings (SSSR count). The minimum Gasteiger partial charge on any atom is -0.369 e. The third-order valence-electron chi connectivity index (χ3n) is 6.44. The third kappa shape index (κ3) is 4.98. The van der Waals surface area contributed by atoms with E-state index in [1.54, 1.807) is 22.5 Å². The van der Waals surface area contributed by atoms with Gasteiger partial charge in [-0.2, -0.15) is 4.31 Å². The highest BCUT2D eigenvalue weighted by molar-refractivity contribution is 7.89. The van der Waals surface area contributed by atoms with Crippen LogP contribution in [0, 0.1) is 0 Å². The summed E-state index contributed by atoms with van der Waals surface area (Å²) < 4.78 is 27.8. The normalized spacial score (nSPS) is 20.8. The Morgan fingerprint density at radius 3 is 2.38 bits per heavy atom. The van der Waals surface area contributed by atoms with E-state index < -0.39 is 10.0 Å². The van der Waals surface area contributed by atoms with Gasteiger partial charge in [0.25, 0.3) is 5.91 Å². The number of carbonyl (C=O) groups excluding carboxylic acids is 1. The van der Waals surface area contributed by atoms with E-state index in [9.17, 15) is 13.2 Å². The summed E-state index contributed by atoms with van der Waals surface area (Å²) in [5, 5.41) is 2.89. The molecule has 2 saturated heterocycles. The number of amides is 1. The number of nitrogens with zero attached hydrogens (tertiary/aromatic N) is 3. The highest BCUT2D eigenvalue weighted by Crippen LogP contribution is 2.26. The number of carbonyl (C=O) groups is 1. The van der Waals surface area contributed by atoms with E-state index in [-0.39, 0.29) is 16.8 Å². The molecule has 8 heteroatoms. The standard InChI is InChI=1S/C24H32N4O3S/c1-19-6-3-4-13-28(19)32(30,31)23-8-5-7-20(18-23)24(29)25-21-9-11-22(12-10-21)27-16-14-26(2)15-17-27/h5,7-12,18-19H,3-4,6,13-17H2,1-2H3,(H,25,29). The Balaban J connectivity index is 1.45. The Bertz CT molecular complexity index is 1050. The Morgan fingerprint density at radius 2 is 1.69 bits per heavy atom. The first-order valence-electron chi connectivity index (χ1n) is 11.3. The first-order chi connectivity index (χ1) is 15.3. The van der Waals surface area contributed by atoms with Gasteiger partial charge in [0.1, 0.15) is 0 Å². The number of sulfonamides is 1. The van der Waals surface area contributed by atoms with Crippen molar-refractivity contribution in [3.8, 4) is 0 Å². The summed E-state index contributed by atoms with van der Waals surface area (Å²) in [4.78, 5) is 17.6. The van der Waals surface area contributed by atoms with E-state index >= 15 is 0 Å². The fraction of sp³-hybridized carbons (Fsp3) is 0.458. The number of hydrogen-bond acceptors (Lipinski definition) is 5. The monoisotopic (exact) mass is 456 g/mol. The molecule has 0 aliphatic carbocycles. The molecule has 1 N–H and O–H groups in total. The molecular formula is C24H32N4O3S. The van der Waals surface area contributed by atoms with Gasteiger partial charge < -0.3 is 15.1 Å². The summed E-state index contributed by atoms with van der Waals surface area (Å²) in [6.07, 6.45) is 2.78. The molecular weight excluding hydrogens is 424 g/mol. The molecule has 2 aromatic carbocycles. The second-order valence-electron chi connectivity index (χ2n) is 8.78. The van der Waals surface area contributed by atoms with Crippen LogP contribution in [0.4, 0.5) is 11.4 Å². The maximum Gasteiger partial charge on any atom is 0.255 e. The minimum atomic E-state index is -3.62. The van der Waals surface area contributed by atoms with Crippen molar-refractivity contribution in [2.75, 3.05) is 50.0 Å². The van der Waals surface area contributed by atoms with Crippen LogP contribution in [0.2, 0.25) is 0 Å². The Morgan fingerprint density at radius 1 is 0.969 bits per heavy atom. The quantitative estimate of drug-likeness (QED) is 0.748. The van der Waals surface area contributed by atoms with Gasteiger partial charge >= 0.3 is 0 Å². The number of piperidine rings is 1. The number of anilines is 2. The van der Waals surface area contributed by atoms with E-state index in [2.05, 4.69) is 22.2 Å². The SMILES string of the molecule is CC1CCCCN1S(=O)(=O)c1cccc(C(=O)Nc2ccc(N3CCN(C)CC3)cc2)c1. The summed E-state index contributed by atoms with van der Waals surface area (Å²) in [6.45, 7) is 6.51. The van der Waals surface area contributed by atoms with Crippen molar-refractivity contribution in [1.82, 2.24) is 9.21 Å². The largest absolute Gasteiger partial charge is 0.369 e. The fourth-order valence-corrected chi connectivity index (χ4v) is 6.13. The summed E-state index contributed by atoms with van der Waals surface area (Å²) in [6, 6.07) is 14.1. The molecule has 172 valence electrons. The molecule has 1 amide bonds. The molecule has 2 aliphatic rings. The van der Waals surface area contributed by atoms with Crippen LogP contribution in [0.1, 0.15) is 36.5 Å². The van der Waals surface area contributed by atoms with Gasteiger partial charge in [0.05, 0.1) is 4.90 Å². The van der Waals surface area contributed by atoms with Crippen molar-refractivity contribution >= 4 is 27.3 Å². The Labute approximate surface area is 191 Å². The number of benzene rings is 2. The van der Waals surface area contributed by atoms with Gasteiger partial charge in [0.2, 0.25) is 10.0 Å². The lowest BCUT2D eigenvalue weighted by atomic mass is 10.1. The smallest absolute Gasteiger partial charge is 0.255 e. The first kappa shape index (κ1) is 22.8. The van der Waals surface area contributed by atoms with Crippen molar-refractivity contribution in [2.24, 2.45) is 0 Å². The molecule has 7 nitrogen and oxygen atoms in total. The zero-order valence-electron chi connectivity index (χ0n) is 18.8. The first-order valence-corrected chi connectivity index (χ1v) is 12.8. The second-order valence-corrected chi connectivity index (χ2v) is 10.7. The maximum absolute atomic E-state index is 13.1. The van der Waals surface area contributed by atoms with Crippen LogP contribution in [0.15, 0.2) is 53.4 Å². The van der Waals surface area contributed by atoms with Crippen molar-refractivity contribution < 1.29 is 13.2 Å². The fourth-order valence-electron chi connectivity index (χ4n) is 4.39. The Kier molecular flexibility index (Phi) is 6.83. The highest BCUT2D eigenvalue weighted by Gasteiger charge is 2.31. The van der Waals surface area contributed by atoms with Gasteiger partial charge in [-0.1, -0.05) is 12.5 Å². The zero-order valence-corrected chi connectivity index (χ0v) is 19.6. The lowest BCUT2D eigenvalue weighted by molar-refractivity contribution is 0.102. The number of rotatable bonds is 5. The molecule has 0 saturated carbocycles. The van der Waals surface area contributed by atoms with Crippen molar-refractivity contribution in [3.05, 3.63) is 54.1 Å². The molecule has 2 heterocycles. The van der Waals surface area contributed by atoms with Gasteiger partial charge in [0.15, 0.2) is 0 Å². The summed E-state index contributed by atoms with van der Waals surface area (Å²) >= 11 is 0. The van der Waals surface area contributed by atoms with Gasteiger partial charge in [-0.3, -0.25) is 4.79 Å². The van der Waals surface area contributed by atoms with Gasteiger partial charge in [-0.05, 0) is 69.3 Å². The van der Waals surface area contributed by atoms with Crippen molar-refractivity contribution in [1.29, 1.82) is 0 Å². The Hall–Kier alpha value is -2.42. The maximum atomic E-state index is 13.1. The average Bonchev–Trinajstić information content (AvgIpc) is 2.80. The van der Waals surface area contributed by atoms with Crippen molar-refractivity contribution in [2.45, 2.75) is 37.1 Å². The van der Waals surface area contributed by atoms with Gasteiger partial charge in [0, 0.05) is 55.7 Å². The van der Waals surface area contributed by atoms with Crippen LogP contribution in [0.5, 0.6) is 0 Å². The van der Waals surface area contributed by atoms with Crippen LogP contribution in [-0.2, 0) is 10.0 Å².